The predicted octanol–water partition coefficient (Wildman–Crippen LogP) is 0.573. The maximum absolute atomic E-state index is 6.06. The van der Waals surface area contributed by atoms with Crippen molar-refractivity contribution < 1.29 is 4.74 Å². The molecular weight excluding hydrogens is 280 g/mol. The topological polar surface area (TPSA) is 68.1 Å². The third kappa shape index (κ3) is 2.32. The third-order valence-electron chi connectivity index (χ3n) is 3.41. The van der Waals surface area contributed by atoms with Gasteiger partial charge in [-0.25, -0.2) is 4.98 Å². The van der Waals surface area contributed by atoms with Crippen molar-refractivity contribution in [2.45, 2.75) is 6.54 Å². The van der Waals surface area contributed by atoms with Gasteiger partial charge in [-0.1, -0.05) is 0 Å². The maximum atomic E-state index is 6.06. The normalized spacial score (nSPS) is 16.1. The summed E-state index contributed by atoms with van der Waals surface area (Å²) in [5.74, 6) is 1.70. The summed E-state index contributed by atoms with van der Waals surface area (Å²) in [6.45, 7) is 3.65. The summed E-state index contributed by atoms with van der Waals surface area (Å²) in [7, 11) is 3.83. The second-order valence-corrected chi connectivity index (χ2v) is 5.04. The number of nitrogens with one attached hydrogen (secondary N) is 1. The zero-order valence-corrected chi connectivity index (χ0v) is 12.3. The Bertz CT molecular complexity index is 622. The Labute approximate surface area is 121 Å². The molecule has 0 bridgehead atoms. The van der Waals surface area contributed by atoms with Gasteiger partial charge in [-0.3, -0.25) is 0 Å². The van der Waals surface area contributed by atoms with E-state index in [0.717, 1.165) is 35.9 Å². The number of imidazole rings is 1. The van der Waals surface area contributed by atoms with Gasteiger partial charge < -0.3 is 19.5 Å². The second kappa shape index (κ2) is 5.51. The second-order valence-electron chi connectivity index (χ2n) is 4.71. The summed E-state index contributed by atoms with van der Waals surface area (Å²) in [5.41, 5.74) is 1.56. The SMILES string of the molecule is CNCc1nc2c(N3CCOCC3)nc(Cl)nc2n1C. The number of aromatic nitrogens is 4. The van der Waals surface area contributed by atoms with Crippen molar-refractivity contribution >= 4 is 28.6 Å². The molecule has 0 atom stereocenters. The number of halogens is 1. The highest BCUT2D eigenvalue weighted by Gasteiger charge is 2.21. The van der Waals surface area contributed by atoms with Crippen LogP contribution >= 0.6 is 11.6 Å². The van der Waals surface area contributed by atoms with Crippen LogP contribution in [0, 0.1) is 0 Å². The average Bonchev–Trinajstić information content (AvgIpc) is 2.77. The number of aryl methyl sites for hydroxylation is 1. The van der Waals surface area contributed by atoms with E-state index < -0.39 is 0 Å². The van der Waals surface area contributed by atoms with E-state index in [4.69, 9.17) is 16.3 Å². The fourth-order valence-electron chi connectivity index (χ4n) is 2.38. The Morgan fingerprint density at radius 3 is 2.70 bits per heavy atom. The van der Waals surface area contributed by atoms with Crippen LogP contribution in [0.2, 0.25) is 5.28 Å². The van der Waals surface area contributed by atoms with E-state index in [0.29, 0.717) is 19.8 Å². The number of fused-ring (bicyclic) bond motifs is 1. The van der Waals surface area contributed by atoms with Crippen molar-refractivity contribution in [3.05, 3.63) is 11.1 Å². The lowest BCUT2D eigenvalue weighted by atomic mass is 10.4. The van der Waals surface area contributed by atoms with Gasteiger partial charge in [-0.2, -0.15) is 9.97 Å². The van der Waals surface area contributed by atoms with E-state index >= 15 is 0 Å². The van der Waals surface area contributed by atoms with Gasteiger partial charge in [0.15, 0.2) is 17.0 Å². The first-order valence-electron chi connectivity index (χ1n) is 6.57. The monoisotopic (exact) mass is 296 g/mol. The molecular formula is C12H17ClN6O. The third-order valence-corrected chi connectivity index (χ3v) is 3.58. The van der Waals surface area contributed by atoms with Crippen molar-refractivity contribution in [2.75, 3.05) is 38.3 Å². The molecule has 2 aromatic rings. The Kier molecular flexibility index (Phi) is 3.73. The number of nitrogens with zero attached hydrogens (tertiary/aromatic N) is 5. The molecule has 0 unspecified atom stereocenters. The molecule has 3 heterocycles. The molecule has 7 nitrogen and oxygen atoms in total. The Hall–Kier alpha value is -1.44. The number of hydrogen-bond donors (Lipinski definition) is 1. The minimum atomic E-state index is 0.248. The van der Waals surface area contributed by atoms with Crippen molar-refractivity contribution in [1.29, 1.82) is 0 Å². The van der Waals surface area contributed by atoms with E-state index in [-0.39, 0.29) is 5.28 Å². The van der Waals surface area contributed by atoms with Gasteiger partial charge in [0.25, 0.3) is 0 Å². The Balaban J connectivity index is 2.12. The summed E-state index contributed by atoms with van der Waals surface area (Å²) < 4.78 is 7.33. The summed E-state index contributed by atoms with van der Waals surface area (Å²) in [4.78, 5) is 15.5. The maximum Gasteiger partial charge on any atom is 0.226 e. The molecule has 0 radical (unpaired) electrons. The molecule has 0 aliphatic carbocycles. The van der Waals surface area contributed by atoms with Crippen LogP contribution in [-0.4, -0.2) is 52.9 Å². The number of morpholine rings is 1. The minimum Gasteiger partial charge on any atom is -0.378 e. The molecule has 108 valence electrons. The summed E-state index contributed by atoms with van der Waals surface area (Å²) >= 11 is 6.06. The van der Waals surface area contributed by atoms with Gasteiger partial charge in [0.1, 0.15) is 5.82 Å². The lowest BCUT2D eigenvalue weighted by Crippen LogP contribution is -2.37. The van der Waals surface area contributed by atoms with Crippen LogP contribution in [0.4, 0.5) is 5.82 Å². The fourth-order valence-corrected chi connectivity index (χ4v) is 2.54. The molecule has 0 saturated carbocycles. The molecule has 0 spiro atoms. The minimum absolute atomic E-state index is 0.248. The lowest BCUT2D eigenvalue weighted by Gasteiger charge is -2.27. The summed E-state index contributed by atoms with van der Waals surface area (Å²) in [6, 6.07) is 0. The highest BCUT2D eigenvalue weighted by molar-refractivity contribution is 6.28. The van der Waals surface area contributed by atoms with E-state index in [9.17, 15) is 0 Å². The summed E-state index contributed by atoms with van der Waals surface area (Å²) in [5, 5.41) is 3.35. The van der Waals surface area contributed by atoms with Crippen LogP contribution in [0.5, 0.6) is 0 Å². The van der Waals surface area contributed by atoms with Gasteiger partial charge in [0, 0.05) is 20.1 Å². The van der Waals surface area contributed by atoms with Crippen LogP contribution in [-0.2, 0) is 18.3 Å². The molecule has 3 rings (SSSR count). The van der Waals surface area contributed by atoms with Gasteiger partial charge in [0.2, 0.25) is 5.28 Å². The first kappa shape index (κ1) is 13.5. The van der Waals surface area contributed by atoms with Crippen LogP contribution in [0.3, 0.4) is 0 Å². The first-order chi connectivity index (χ1) is 9.70. The smallest absolute Gasteiger partial charge is 0.226 e. The van der Waals surface area contributed by atoms with Crippen molar-refractivity contribution in [3.63, 3.8) is 0 Å². The lowest BCUT2D eigenvalue weighted by molar-refractivity contribution is 0.122. The van der Waals surface area contributed by atoms with Gasteiger partial charge in [0.05, 0.1) is 19.8 Å². The Morgan fingerprint density at radius 1 is 1.25 bits per heavy atom. The fraction of sp³-hybridized carbons (Fsp3) is 0.583. The van der Waals surface area contributed by atoms with Gasteiger partial charge >= 0.3 is 0 Å². The first-order valence-corrected chi connectivity index (χ1v) is 6.94. The quantitative estimate of drug-likeness (QED) is 0.836. The molecule has 0 amide bonds. The standard InChI is InChI=1S/C12H17ClN6O/c1-14-7-8-15-9-10(18(8)2)16-12(13)17-11(9)19-3-5-20-6-4-19/h14H,3-7H2,1-2H3. The number of anilines is 1. The van der Waals surface area contributed by atoms with Gasteiger partial charge in [-0.15, -0.1) is 0 Å². The van der Waals surface area contributed by atoms with E-state index in [1.165, 1.54) is 0 Å². The van der Waals surface area contributed by atoms with E-state index in [1.54, 1.807) is 0 Å². The molecule has 1 N–H and O–H groups in total. The molecule has 1 saturated heterocycles. The molecule has 0 aromatic carbocycles. The van der Waals surface area contributed by atoms with Crippen LogP contribution < -0.4 is 10.2 Å². The van der Waals surface area contributed by atoms with Crippen LogP contribution in [0.15, 0.2) is 0 Å². The zero-order valence-electron chi connectivity index (χ0n) is 11.6. The zero-order chi connectivity index (χ0) is 14.1. The van der Waals surface area contributed by atoms with Crippen LogP contribution in [0.25, 0.3) is 11.2 Å². The van der Waals surface area contributed by atoms with Gasteiger partial charge in [-0.05, 0) is 18.6 Å². The largest absolute Gasteiger partial charge is 0.378 e. The highest BCUT2D eigenvalue weighted by Crippen LogP contribution is 2.25. The van der Waals surface area contributed by atoms with Crippen molar-refractivity contribution in [3.8, 4) is 0 Å². The number of ether oxygens (including phenoxy) is 1. The van der Waals surface area contributed by atoms with Crippen LogP contribution in [0.1, 0.15) is 5.82 Å². The Morgan fingerprint density at radius 2 is 2.00 bits per heavy atom. The van der Waals surface area contributed by atoms with E-state index in [1.807, 2.05) is 18.7 Å². The summed E-state index contributed by atoms with van der Waals surface area (Å²) in [6.07, 6.45) is 0. The number of hydrogen-bond acceptors (Lipinski definition) is 6. The highest BCUT2D eigenvalue weighted by atomic mass is 35.5. The number of rotatable bonds is 3. The average molecular weight is 297 g/mol. The van der Waals surface area contributed by atoms with E-state index in [2.05, 4.69) is 25.2 Å². The molecule has 1 fully saturated rings. The van der Waals surface area contributed by atoms with Crippen molar-refractivity contribution in [2.24, 2.45) is 7.05 Å². The molecule has 20 heavy (non-hydrogen) atoms. The van der Waals surface area contributed by atoms with Crippen molar-refractivity contribution in [1.82, 2.24) is 24.8 Å². The molecule has 2 aromatic heterocycles. The predicted molar refractivity (Wildman–Crippen MR) is 77.1 cm³/mol. The molecule has 1 aliphatic rings. The molecule has 8 heteroatoms. The molecule has 1 aliphatic heterocycles.